The van der Waals surface area contributed by atoms with Crippen LogP contribution in [-0.2, 0) is 0 Å². The molecule has 21 heavy (non-hydrogen) atoms. The zero-order valence-corrected chi connectivity index (χ0v) is 12.3. The molecule has 0 atom stereocenters. The fourth-order valence-corrected chi connectivity index (χ4v) is 1.98. The molecule has 1 aromatic carbocycles. The lowest BCUT2D eigenvalue weighted by molar-refractivity contribution is -0.384. The molecule has 0 aliphatic heterocycles. The lowest BCUT2D eigenvalue weighted by atomic mass is 10.2. The summed E-state index contributed by atoms with van der Waals surface area (Å²) in [5.41, 5.74) is 1.14. The van der Waals surface area contributed by atoms with Crippen LogP contribution in [0.25, 0.3) is 0 Å². The average Bonchev–Trinajstić information content (AvgIpc) is 2.42. The molecule has 1 N–H and O–H groups in total. The van der Waals surface area contributed by atoms with E-state index < -0.39 is 10.8 Å². The number of hydrogen-bond donors (Lipinski definition) is 1. The molecule has 0 radical (unpaired) electrons. The van der Waals surface area contributed by atoms with Gasteiger partial charge in [-0.15, -0.1) is 0 Å². The number of carbonyl (C=O) groups is 1. The number of anilines is 1. The largest absolute Gasteiger partial charge is 0.321 e. The highest BCUT2D eigenvalue weighted by molar-refractivity contribution is 6.33. The van der Waals surface area contributed by atoms with Crippen LogP contribution in [-0.4, -0.2) is 15.8 Å². The van der Waals surface area contributed by atoms with Crippen LogP contribution in [0.3, 0.4) is 0 Å². The topological polar surface area (TPSA) is 85.1 Å². The van der Waals surface area contributed by atoms with Crippen molar-refractivity contribution in [2.45, 2.75) is 6.92 Å². The van der Waals surface area contributed by atoms with Gasteiger partial charge in [-0.2, -0.15) is 0 Å². The van der Waals surface area contributed by atoms with Gasteiger partial charge in [0.15, 0.2) is 0 Å². The van der Waals surface area contributed by atoms with E-state index in [0.29, 0.717) is 10.8 Å². The highest BCUT2D eigenvalue weighted by Gasteiger charge is 2.15. The van der Waals surface area contributed by atoms with E-state index in [0.717, 1.165) is 5.56 Å². The summed E-state index contributed by atoms with van der Waals surface area (Å²) in [4.78, 5) is 26.0. The Balaban J connectivity index is 2.22. The lowest BCUT2D eigenvalue weighted by Gasteiger charge is -2.07. The fraction of sp³-hybridized carbons (Fsp3) is 0.0769. The van der Waals surface area contributed by atoms with E-state index in [4.69, 9.17) is 23.2 Å². The second-order valence-electron chi connectivity index (χ2n) is 4.21. The van der Waals surface area contributed by atoms with Crippen LogP contribution in [0.4, 0.5) is 11.4 Å². The zero-order chi connectivity index (χ0) is 15.6. The van der Waals surface area contributed by atoms with E-state index in [2.05, 4.69) is 10.3 Å². The molecule has 0 spiro atoms. The highest BCUT2D eigenvalue weighted by atomic mass is 35.5. The van der Waals surface area contributed by atoms with Gasteiger partial charge in [0.2, 0.25) is 0 Å². The number of nitro benzene ring substituents is 1. The van der Waals surface area contributed by atoms with Gasteiger partial charge in [-0.05, 0) is 30.7 Å². The van der Waals surface area contributed by atoms with Gasteiger partial charge in [-0.3, -0.25) is 14.9 Å². The predicted molar refractivity (Wildman–Crippen MR) is 80.0 cm³/mol. The first-order valence-electron chi connectivity index (χ1n) is 5.76. The van der Waals surface area contributed by atoms with Crippen LogP contribution in [0.15, 0.2) is 30.5 Å². The Labute approximate surface area is 129 Å². The molecule has 1 heterocycles. The molecule has 0 bridgehead atoms. The number of nitrogens with one attached hydrogen (secondary N) is 1. The second-order valence-corrected chi connectivity index (χ2v) is 4.97. The Hall–Kier alpha value is -2.18. The van der Waals surface area contributed by atoms with E-state index in [1.165, 1.54) is 24.4 Å². The van der Waals surface area contributed by atoms with Gasteiger partial charge in [-0.1, -0.05) is 23.2 Å². The van der Waals surface area contributed by atoms with Crippen molar-refractivity contribution in [3.63, 3.8) is 0 Å². The summed E-state index contributed by atoms with van der Waals surface area (Å²) in [7, 11) is 0. The Bertz CT molecular complexity index is 735. The Morgan fingerprint density at radius 2 is 2.05 bits per heavy atom. The number of carbonyl (C=O) groups excluding carboxylic acids is 1. The first-order chi connectivity index (χ1) is 9.88. The lowest BCUT2D eigenvalue weighted by Crippen LogP contribution is -2.12. The summed E-state index contributed by atoms with van der Waals surface area (Å²) in [6.07, 6.45) is 1.42. The molecule has 0 aliphatic carbocycles. The molecule has 0 saturated heterocycles. The van der Waals surface area contributed by atoms with Gasteiger partial charge in [0.25, 0.3) is 11.6 Å². The Morgan fingerprint density at radius 1 is 1.33 bits per heavy atom. The van der Waals surface area contributed by atoms with Gasteiger partial charge in [0.05, 0.1) is 16.8 Å². The van der Waals surface area contributed by atoms with Crippen molar-refractivity contribution in [3.8, 4) is 0 Å². The van der Waals surface area contributed by atoms with Crippen molar-refractivity contribution in [3.05, 3.63) is 61.9 Å². The normalized spacial score (nSPS) is 10.2. The predicted octanol–water partition coefficient (Wildman–Crippen LogP) is 3.86. The summed E-state index contributed by atoms with van der Waals surface area (Å²) >= 11 is 11.6. The molecule has 0 aliphatic rings. The van der Waals surface area contributed by atoms with Crippen LogP contribution >= 0.6 is 23.2 Å². The highest BCUT2D eigenvalue weighted by Crippen LogP contribution is 2.25. The Morgan fingerprint density at radius 3 is 2.62 bits per heavy atom. The maximum absolute atomic E-state index is 12.0. The number of amides is 1. The second kappa shape index (κ2) is 6.07. The van der Waals surface area contributed by atoms with E-state index in [1.54, 1.807) is 13.0 Å². The summed E-state index contributed by atoms with van der Waals surface area (Å²) in [5, 5.41) is 13.5. The smallest absolute Gasteiger partial charge is 0.287 e. The number of halogens is 2. The van der Waals surface area contributed by atoms with Crippen LogP contribution < -0.4 is 5.32 Å². The van der Waals surface area contributed by atoms with E-state index in [1.807, 2.05) is 0 Å². The van der Waals surface area contributed by atoms with Gasteiger partial charge >= 0.3 is 0 Å². The van der Waals surface area contributed by atoms with Crippen molar-refractivity contribution in [2.75, 3.05) is 5.32 Å². The molecule has 2 rings (SSSR count). The first kappa shape index (κ1) is 15.2. The van der Waals surface area contributed by atoms with E-state index in [-0.39, 0.29) is 16.3 Å². The number of nitro groups is 1. The standard InChI is InChI=1S/C13H9Cl2N3O3/c1-7-4-9(6-16-12(7)15)17-13(19)8-2-3-11(18(20)21)10(14)5-8/h2-6H,1H3,(H,17,19). The minimum absolute atomic E-state index is 0.0990. The van der Waals surface area contributed by atoms with Crippen LogP contribution in [0.2, 0.25) is 10.2 Å². The molecule has 1 aromatic heterocycles. The molecule has 108 valence electrons. The summed E-state index contributed by atoms with van der Waals surface area (Å²) in [5.74, 6) is -0.449. The maximum Gasteiger partial charge on any atom is 0.287 e. The molecule has 0 saturated carbocycles. The van der Waals surface area contributed by atoms with Gasteiger partial charge in [0, 0.05) is 11.6 Å². The molecule has 0 unspecified atom stereocenters. The third kappa shape index (κ3) is 3.48. The third-order valence-electron chi connectivity index (χ3n) is 2.68. The number of aryl methyl sites for hydroxylation is 1. The molecule has 2 aromatic rings. The minimum atomic E-state index is -0.615. The summed E-state index contributed by atoms with van der Waals surface area (Å²) < 4.78 is 0. The van der Waals surface area contributed by atoms with Crippen molar-refractivity contribution < 1.29 is 9.72 Å². The van der Waals surface area contributed by atoms with Gasteiger partial charge in [-0.25, -0.2) is 4.98 Å². The molecular formula is C13H9Cl2N3O3. The van der Waals surface area contributed by atoms with Crippen molar-refractivity contribution in [1.82, 2.24) is 4.98 Å². The number of pyridine rings is 1. The number of benzene rings is 1. The molecule has 8 heteroatoms. The first-order valence-corrected chi connectivity index (χ1v) is 6.51. The molecular weight excluding hydrogens is 317 g/mol. The molecule has 1 amide bonds. The number of nitrogens with zero attached hydrogens (tertiary/aromatic N) is 2. The molecule has 0 fully saturated rings. The van der Waals surface area contributed by atoms with Crippen LogP contribution in [0.5, 0.6) is 0 Å². The van der Waals surface area contributed by atoms with Gasteiger partial charge < -0.3 is 5.32 Å². The summed E-state index contributed by atoms with van der Waals surface area (Å²) in [6, 6.07) is 5.42. The Kier molecular flexibility index (Phi) is 4.40. The van der Waals surface area contributed by atoms with Crippen molar-refractivity contribution in [1.29, 1.82) is 0 Å². The quantitative estimate of drug-likeness (QED) is 0.527. The zero-order valence-electron chi connectivity index (χ0n) is 10.8. The van der Waals surface area contributed by atoms with E-state index in [9.17, 15) is 14.9 Å². The molecule has 6 nitrogen and oxygen atoms in total. The summed E-state index contributed by atoms with van der Waals surface area (Å²) in [6.45, 7) is 1.76. The number of aromatic nitrogens is 1. The monoisotopic (exact) mass is 325 g/mol. The maximum atomic E-state index is 12.0. The van der Waals surface area contributed by atoms with Crippen LogP contribution in [0, 0.1) is 17.0 Å². The van der Waals surface area contributed by atoms with Crippen molar-refractivity contribution in [2.24, 2.45) is 0 Å². The van der Waals surface area contributed by atoms with Gasteiger partial charge in [0.1, 0.15) is 10.2 Å². The van der Waals surface area contributed by atoms with Crippen LogP contribution in [0.1, 0.15) is 15.9 Å². The van der Waals surface area contributed by atoms with E-state index >= 15 is 0 Å². The number of rotatable bonds is 3. The SMILES string of the molecule is Cc1cc(NC(=O)c2ccc([N+](=O)[O-])c(Cl)c2)cnc1Cl. The number of hydrogen-bond acceptors (Lipinski definition) is 4. The van der Waals surface area contributed by atoms with Crippen molar-refractivity contribution >= 4 is 40.5 Å². The third-order valence-corrected chi connectivity index (χ3v) is 3.38. The minimum Gasteiger partial charge on any atom is -0.321 e. The average molecular weight is 326 g/mol. The fourth-order valence-electron chi connectivity index (χ4n) is 1.63.